The normalized spacial score (nSPS) is 23.8. The Bertz CT molecular complexity index is 395. The Hall–Kier alpha value is -1.59. The van der Waals surface area contributed by atoms with E-state index < -0.39 is 18.4 Å². The molecular weight excluding hydrogens is 234 g/mol. The third-order valence-corrected chi connectivity index (χ3v) is 2.99. The summed E-state index contributed by atoms with van der Waals surface area (Å²) >= 11 is 0. The summed E-state index contributed by atoms with van der Waals surface area (Å²) in [6.07, 6.45) is -1.40. The third-order valence-electron chi connectivity index (χ3n) is 2.99. The van der Waals surface area contributed by atoms with Gasteiger partial charge in [0.05, 0.1) is 6.10 Å². The molecule has 0 saturated carbocycles. The molecule has 0 aliphatic carbocycles. The van der Waals surface area contributed by atoms with Crippen LogP contribution in [0.1, 0.15) is 18.4 Å². The lowest BCUT2D eigenvalue weighted by atomic mass is 10.1. The van der Waals surface area contributed by atoms with Crippen LogP contribution in [0.25, 0.3) is 0 Å². The van der Waals surface area contributed by atoms with E-state index in [2.05, 4.69) is 0 Å². The molecule has 2 atom stereocenters. The standard InChI is InChI=1S/C13H17NO4/c15-11-6-7-14(12(16)8-11)13(17)18-9-10-4-2-1-3-5-10/h1-5,11-12,15-16H,6-9H2/t11-,12+/m1/s1. The molecule has 0 bridgehead atoms. The molecule has 1 aliphatic heterocycles. The predicted molar refractivity (Wildman–Crippen MR) is 64.6 cm³/mol. The topological polar surface area (TPSA) is 70.0 Å². The van der Waals surface area contributed by atoms with Crippen LogP contribution in [0.5, 0.6) is 0 Å². The molecule has 5 nitrogen and oxygen atoms in total. The van der Waals surface area contributed by atoms with Gasteiger partial charge in [-0.3, -0.25) is 4.90 Å². The fourth-order valence-electron chi connectivity index (χ4n) is 1.94. The number of rotatable bonds is 2. The van der Waals surface area contributed by atoms with Crippen molar-refractivity contribution in [3.63, 3.8) is 0 Å². The van der Waals surface area contributed by atoms with E-state index in [0.29, 0.717) is 13.0 Å². The van der Waals surface area contributed by atoms with Gasteiger partial charge in [-0.05, 0) is 12.0 Å². The number of nitrogens with zero attached hydrogens (tertiary/aromatic N) is 1. The molecule has 2 N–H and O–H groups in total. The molecule has 1 heterocycles. The van der Waals surface area contributed by atoms with Crippen LogP contribution in [0.3, 0.4) is 0 Å². The average Bonchev–Trinajstić information content (AvgIpc) is 2.37. The molecule has 0 unspecified atom stereocenters. The van der Waals surface area contributed by atoms with Crippen molar-refractivity contribution < 1.29 is 19.7 Å². The first-order valence-corrected chi connectivity index (χ1v) is 6.00. The molecule has 2 rings (SSSR count). The van der Waals surface area contributed by atoms with E-state index in [1.54, 1.807) is 0 Å². The van der Waals surface area contributed by atoms with Crippen LogP contribution in [0.4, 0.5) is 4.79 Å². The van der Waals surface area contributed by atoms with Crippen LogP contribution in [-0.4, -0.2) is 40.1 Å². The molecule has 1 aromatic carbocycles. The fraction of sp³-hybridized carbons (Fsp3) is 0.462. The summed E-state index contributed by atoms with van der Waals surface area (Å²) in [5, 5.41) is 19.0. The van der Waals surface area contributed by atoms with Crippen molar-refractivity contribution in [1.29, 1.82) is 0 Å². The highest BCUT2D eigenvalue weighted by molar-refractivity contribution is 5.68. The number of hydrogen-bond donors (Lipinski definition) is 2. The van der Waals surface area contributed by atoms with Gasteiger partial charge in [0.2, 0.25) is 0 Å². The molecule has 1 aromatic rings. The minimum atomic E-state index is -0.961. The van der Waals surface area contributed by atoms with Crippen molar-refractivity contribution >= 4 is 6.09 Å². The number of piperidine rings is 1. The Kier molecular flexibility index (Phi) is 4.17. The van der Waals surface area contributed by atoms with Crippen molar-refractivity contribution in [3.8, 4) is 0 Å². The number of aliphatic hydroxyl groups is 2. The SMILES string of the molecule is O=C(OCc1ccccc1)N1CC[C@@H](O)C[C@@H]1O. The monoisotopic (exact) mass is 251 g/mol. The average molecular weight is 251 g/mol. The van der Waals surface area contributed by atoms with Gasteiger partial charge in [0.1, 0.15) is 12.8 Å². The van der Waals surface area contributed by atoms with E-state index in [1.807, 2.05) is 30.3 Å². The lowest BCUT2D eigenvalue weighted by molar-refractivity contribution is -0.0604. The minimum Gasteiger partial charge on any atom is -0.444 e. The Morgan fingerprint density at radius 3 is 2.72 bits per heavy atom. The van der Waals surface area contributed by atoms with Gasteiger partial charge in [-0.1, -0.05) is 30.3 Å². The zero-order valence-corrected chi connectivity index (χ0v) is 10.0. The minimum absolute atomic E-state index is 0.181. The first-order valence-electron chi connectivity index (χ1n) is 6.00. The fourth-order valence-corrected chi connectivity index (χ4v) is 1.94. The van der Waals surface area contributed by atoms with Crippen LogP contribution in [-0.2, 0) is 11.3 Å². The van der Waals surface area contributed by atoms with Crippen LogP contribution in [0.15, 0.2) is 30.3 Å². The first kappa shape index (κ1) is 12.9. The van der Waals surface area contributed by atoms with E-state index in [1.165, 1.54) is 4.90 Å². The van der Waals surface area contributed by atoms with E-state index in [4.69, 9.17) is 4.74 Å². The van der Waals surface area contributed by atoms with Gasteiger partial charge in [-0.2, -0.15) is 0 Å². The highest BCUT2D eigenvalue weighted by Gasteiger charge is 2.30. The zero-order chi connectivity index (χ0) is 13.0. The molecule has 98 valence electrons. The maximum Gasteiger partial charge on any atom is 0.412 e. The van der Waals surface area contributed by atoms with Gasteiger partial charge in [-0.25, -0.2) is 4.79 Å². The van der Waals surface area contributed by atoms with Crippen molar-refractivity contribution in [3.05, 3.63) is 35.9 Å². The molecule has 1 amide bonds. The quantitative estimate of drug-likeness (QED) is 0.825. The van der Waals surface area contributed by atoms with Gasteiger partial charge in [0.25, 0.3) is 0 Å². The van der Waals surface area contributed by atoms with E-state index >= 15 is 0 Å². The number of likely N-dealkylation sites (tertiary alicyclic amines) is 1. The van der Waals surface area contributed by atoms with Gasteiger partial charge in [0, 0.05) is 13.0 Å². The van der Waals surface area contributed by atoms with Crippen LogP contribution < -0.4 is 0 Å². The first-order chi connectivity index (χ1) is 8.66. The number of carbonyl (C=O) groups is 1. The van der Waals surface area contributed by atoms with Crippen LogP contribution in [0.2, 0.25) is 0 Å². The van der Waals surface area contributed by atoms with Gasteiger partial charge < -0.3 is 14.9 Å². The summed E-state index contributed by atoms with van der Waals surface area (Å²) in [6, 6.07) is 9.36. The second kappa shape index (κ2) is 5.84. The lowest BCUT2D eigenvalue weighted by Gasteiger charge is -2.33. The Morgan fingerprint density at radius 2 is 2.06 bits per heavy atom. The Labute approximate surface area is 106 Å². The van der Waals surface area contributed by atoms with Crippen molar-refractivity contribution in [2.45, 2.75) is 31.8 Å². The number of aliphatic hydroxyl groups excluding tert-OH is 2. The van der Waals surface area contributed by atoms with E-state index in [0.717, 1.165) is 5.56 Å². The van der Waals surface area contributed by atoms with Crippen molar-refractivity contribution in [2.24, 2.45) is 0 Å². The summed E-state index contributed by atoms with van der Waals surface area (Å²) in [4.78, 5) is 13.0. The molecule has 1 fully saturated rings. The van der Waals surface area contributed by atoms with Crippen molar-refractivity contribution in [2.75, 3.05) is 6.54 Å². The smallest absolute Gasteiger partial charge is 0.412 e. The van der Waals surface area contributed by atoms with Gasteiger partial charge in [0.15, 0.2) is 0 Å². The summed E-state index contributed by atoms with van der Waals surface area (Å²) < 4.78 is 5.12. The maximum atomic E-state index is 11.8. The molecule has 18 heavy (non-hydrogen) atoms. The van der Waals surface area contributed by atoms with Gasteiger partial charge >= 0.3 is 6.09 Å². The Morgan fingerprint density at radius 1 is 1.33 bits per heavy atom. The third kappa shape index (κ3) is 3.21. The predicted octanol–water partition coefficient (Wildman–Crippen LogP) is 1.10. The molecular formula is C13H17NO4. The summed E-state index contributed by atoms with van der Waals surface area (Å²) in [7, 11) is 0. The molecule has 1 aliphatic rings. The number of carbonyl (C=O) groups excluding carboxylic acids is 1. The summed E-state index contributed by atoms with van der Waals surface area (Å²) in [5.41, 5.74) is 0.900. The molecule has 5 heteroatoms. The second-order valence-electron chi connectivity index (χ2n) is 4.39. The largest absolute Gasteiger partial charge is 0.444 e. The number of amides is 1. The number of ether oxygens (including phenoxy) is 1. The van der Waals surface area contributed by atoms with Gasteiger partial charge in [-0.15, -0.1) is 0 Å². The second-order valence-corrected chi connectivity index (χ2v) is 4.39. The van der Waals surface area contributed by atoms with E-state index in [-0.39, 0.29) is 13.0 Å². The lowest BCUT2D eigenvalue weighted by Crippen LogP contribution is -2.47. The van der Waals surface area contributed by atoms with Crippen molar-refractivity contribution in [1.82, 2.24) is 4.90 Å². The highest BCUT2D eigenvalue weighted by Crippen LogP contribution is 2.17. The van der Waals surface area contributed by atoms with Crippen LogP contribution >= 0.6 is 0 Å². The molecule has 0 radical (unpaired) electrons. The molecule has 0 spiro atoms. The molecule has 1 saturated heterocycles. The van der Waals surface area contributed by atoms with Crippen LogP contribution in [0, 0.1) is 0 Å². The maximum absolute atomic E-state index is 11.8. The number of benzene rings is 1. The number of hydrogen-bond acceptors (Lipinski definition) is 4. The van der Waals surface area contributed by atoms with E-state index in [9.17, 15) is 15.0 Å². The zero-order valence-electron chi connectivity index (χ0n) is 10.0. The highest BCUT2D eigenvalue weighted by atomic mass is 16.6. The summed E-state index contributed by atoms with van der Waals surface area (Å²) in [6.45, 7) is 0.501. The molecule has 0 aromatic heterocycles. The summed E-state index contributed by atoms with van der Waals surface area (Å²) in [5.74, 6) is 0. The Balaban J connectivity index is 1.85.